The molecule has 2 aromatic carbocycles. The lowest BCUT2D eigenvalue weighted by atomic mass is 9.91. The zero-order valence-corrected chi connectivity index (χ0v) is 22.9. The quantitative estimate of drug-likeness (QED) is 0.365. The van der Waals surface area contributed by atoms with Gasteiger partial charge in [0.15, 0.2) is 0 Å². The van der Waals surface area contributed by atoms with Crippen molar-refractivity contribution in [2.45, 2.75) is 56.7 Å². The number of halogens is 2. The van der Waals surface area contributed by atoms with Gasteiger partial charge in [-0.2, -0.15) is 0 Å². The van der Waals surface area contributed by atoms with Crippen molar-refractivity contribution in [1.29, 1.82) is 0 Å². The Bertz CT molecular complexity index is 1360. The number of nitrogens with two attached hydrogens (primary N) is 1. The van der Waals surface area contributed by atoms with E-state index in [9.17, 15) is 14.4 Å². The maximum absolute atomic E-state index is 13.8. The average molecular weight is 572 g/mol. The zero-order valence-electron chi connectivity index (χ0n) is 20.6. The van der Waals surface area contributed by atoms with Gasteiger partial charge in [-0.05, 0) is 73.0 Å². The molecule has 0 radical (unpaired) electrons. The van der Waals surface area contributed by atoms with Crippen LogP contribution in [-0.2, 0) is 16.0 Å². The Morgan fingerprint density at radius 1 is 1.08 bits per heavy atom. The molecule has 38 heavy (non-hydrogen) atoms. The summed E-state index contributed by atoms with van der Waals surface area (Å²) in [5, 5.41) is 8.74. The molecule has 2 aliphatic rings. The number of rotatable bonds is 5. The van der Waals surface area contributed by atoms with E-state index in [4.69, 9.17) is 28.9 Å². The van der Waals surface area contributed by atoms with Gasteiger partial charge in [-0.15, -0.1) is 11.3 Å². The molecule has 1 fully saturated rings. The lowest BCUT2D eigenvalue weighted by molar-refractivity contribution is -0.119. The van der Waals surface area contributed by atoms with Gasteiger partial charge in [-0.3, -0.25) is 14.4 Å². The Hall–Kier alpha value is -2.91. The first-order valence-electron chi connectivity index (χ1n) is 12.6. The van der Waals surface area contributed by atoms with Crippen LogP contribution in [0.15, 0.2) is 53.9 Å². The molecule has 5 rings (SSSR count). The molecule has 3 aromatic rings. The summed E-state index contributed by atoms with van der Waals surface area (Å²) in [4.78, 5) is 42.5. The molecule has 1 saturated carbocycles. The highest BCUT2D eigenvalue weighted by atomic mass is 35.5. The first-order valence-corrected chi connectivity index (χ1v) is 14.2. The molecular weight excluding hydrogens is 543 g/mol. The molecule has 10 heteroatoms. The average Bonchev–Trinajstić information content (AvgIpc) is 3.33. The van der Waals surface area contributed by atoms with Gasteiger partial charge in [-0.25, -0.2) is 0 Å². The fraction of sp³-hybridized carbons (Fsp3) is 0.321. The Morgan fingerprint density at radius 3 is 2.58 bits per heavy atom. The molecule has 1 aliphatic carbocycles. The van der Waals surface area contributed by atoms with E-state index in [1.165, 1.54) is 11.3 Å². The highest BCUT2D eigenvalue weighted by Crippen LogP contribution is 2.41. The fourth-order valence-corrected chi connectivity index (χ4v) is 6.36. The Morgan fingerprint density at radius 2 is 1.87 bits per heavy atom. The Kier molecular flexibility index (Phi) is 8.04. The van der Waals surface area contributed by atoms with Gasteiger partial charge in [0.1, 0.15) is 0 Å². The van der Waals surface area contributed by atoms with Gasteiger partial charge in [0.05, 0.1) is 30.3 Å². The number of carbonyl (C=O) groups excluding carboxylic acids is 3. The first kappa shape index (κ1) is 26.7. The van der Waals surface area contributed by atoms with Crippen LogP contribution in [0.3, 0.4) is 0 Å². The van der Waals surface area contributed by atoms with E-state index < -0.39 is 6.04 Å². The number of hydrogen-bond acceptors (Lipinski definition) is 5. The van der Waals surface area contributed by atoms with Gasteiger partial charge in [0, 0.05) is 32.6 Å². The number of amides is 3. The number of benzene rings is 2. The monoisotopic (exact) mass is 570 g/mol. The maximum atomic E-state index is 13.8. The van der Waals surface area contributed by atoms with E-state index in [1.807, 2.05) is 17.5 Å². The third kappa shape index (κ3) is 5.89. The summed E-state index contributed by atoms with van der Waals surface area (Å²) < 4.78 is 0. The number of nitrogens with zero attached hydrogens (tertiary/aromatic N) is 1. The minimum atomic E-state index is -0.653. The van der Waals surface area contributed by atoms with Gasteiger partial charge >= 0.3 is 0 Å². The highest BCUT2D eigenvalue weighted by molar-refractivity contribution is 7.10. The van der Waals surface area contributed by atoms with E-state index in [2.05, 4.69) is 10.6 Å². The summed E-state index contributed by atoms with van der Waals surface area (Å²) in [7, 11) is 0. The second-order valence-electron chi connectivity index (χ2n) is 9.77. The predicted molar refractivity (Wildman–Crippen MR) is 152 cm³/mol. The molecule has 0 saturated heterocycles. The largest absolute Gasteiger partial charge is 0.349 e. The minimum Gasteiger partial charge on any atom is -0.349 e. The molecule has 3 amide bonds. The number of nitrogens with one attached hydrogen (secondary N) is 2. The van der Waals surface area contributed by atoms with Crippen molar-refractivity contribution in [1.82, 2.24) is 5.32 Å². The summed E-state index contributed by atoms with van der Waals surface area (Å²) in [5.74, 6) is -0.690. The second kappa shape index (κ2) is 11.5. The van der Waals surface area contributed by atoms with Crippen LogP contribution in [0, 0.1) is 0 Å². The molecule has 2 heterocycles. The summed E-state index contributed by atoms with van der Waals surface area (Å²) >= 11 is 14.2. The Labute approximate surface area is 235 Å². The van der Waals surface area contributed by atoms with Crippen LogP contribution in [0.4, 0.5) is 11.4 Å². The molecule has 7 nitrogen and oxygen atoms in total. The number of fused-ring (bicyclic) bond motifs is 1. The van der Waals surface area contributed by atoms with E-state index >= 15 is 0 Å². The van der Waals surface area contributed by atoms with Crippen LogP contribution < -0.4 is 21.3 Å². The Balaban J connectivity index is 1.50. The summed E-state index contributed by atoms with van der Waals surface area (Å²) in [6.07, 6.45) is 3.59. The van der Waals surface area contributed by atoms with Crippen molar-refractivity contribution in [2.24, 2.45) is 5.73 Å². The summed E-state index contributed by atoms with van der Waals surface area (Å²) in [6.45, 7) is 0. The van der Waals surface area contributed by atoms with Crippen molar-refractivity contribution < 1.29 is 14.4 Å². The molecule has 4 N–H and O–H groups in total. The molecule has 1 unspecified atom stereocenters. The third-order valence-corrected chi connectivity index (χ3v) is 8.52. The van der Waals surface area contributed by atoms with E-state index in [0.717, 1.165) is 30.6 Å². The fourth-order valence-electron chi connectivity index (χ4n) is 5.13. The summed E-state index contributed by atoms with van der Waals surface area (Å²) in [6, 6.07) is 13.5. The SMILES string of the molecule is NC1CCC(NC(=O)c2ccc3c(c2)NC(=O)CC(c2ccc(Cl)cc2Cl)N3C(=O)Cc2cccs2)CC1. The third-order valence-electron chi connectivity index (χ3n) is 7.09. The highest BCUT2D eigenvalue weighted by Gasteiger charge is 2.35. The van der Waals surface area contributed by atoms with E-state index in [-0.39, 0.29) is 42.6 Å². The molecule has 0 spiro atoms. The van der Waals surface area contributed by atoms with Crippen LogP contribution in [-0.4, -0.2) is 29.8 Å². The van der Waals surface area contributed by atoms with Crippen LogP contribution in [0.2, 0.25) is 10.0 Å². The number of hydrogen-bond donors (Lipinski definition) is 3. The summed E-state index contributed by atoms with van der Waals surface area (Å²) in [5.41, 5.74) is 7.94. The predicted octanol–water partition coefficient (Wildman–Crippen LogP) is 5.71. The van der Waals surface area contributed by atoms with Gasteiger partial charge in [-0.1, -0.05) is 35.3 Å². The van der Waals surface area contributed by atoms with Crippen LogP contribution in [0.5, 0.6) is 0 Å². The van der Waals surface area contributed by atoms with Crippen molar-refractivity contribution in [3.63, 3.8) is 0 Å². The van der Waals surface area contributed by atoms with Crippen molar-refractivity contribution >= 4 is 63.6 Å². The molecule has 0 bridgehead atoms. The number of anilines is 2. The van der Waals surface area contributed by atoms with Crippen molar-refractivity contribution in [3.05, 3.63) is 80.0 Å². The molecule has 198 valence electrons. The first-order chi connectivity index (χ1) is 18.3. The van der Waals surface area contributed by atoms with Crippen molar-refractivity contribution in [3.8, 4) is 0 Å². The molecule has 1 atom stereocenters. The number of carbonyl (C=O) groups is 3. The number of thiophene rings is 1. The van der Waals surface area contributed by atoms with Crippen LogP contribution in [0.1, 0.15) is 58.9 Å². The second-order valence-corrected chi connectivity index (χ2v) is 11.6. The van der Waals surface area contributed by atoms with Crippen molar-refractivity contribution in [2.75, 3.05) is 10.2 Å². The van der Waals surface area contributed by atoms with Gasteiger partial charge in [0.25, 0.3) is 5.91 Å². The maximum Gasteiger partial charge on any atom is 0.251 e. The molecular formula is C28H28Cl2N4O3S. The molecule has 1 aromatic heterocycles. The lowest BCUT2D eigenvalue weighted by Crippen LogP contribution is -2.40. The standard InChI is InChI=1S/C28H28Cl2N4O3S/c29-17-4-9-21(22(30)13-17)25-15-26(35)33-23-12-16(28(37)32-19-7-5-18(31)6-8-19)3-10-24(23)34(25)27(36)14-20-2-1-11-38-20/h1-4,9-13,18-19,25H,5-8,14-15,31H2,(H,32,37)(H,33,35). The smallest absolute Gasteiger partial charge is 0.251 e. The van der Waals surface area contributed by atoms with Gasteiger partial charge < -0.3 is 21.3 Å². The minimum absolute atomic E-state index is 0.00390. The normalized spacial score (nSPS) is 21.3. The van der Waals surface area contributed by atoms with E-state index in [1.54, 1.807) is 41.3 Å². The van der Waals surface area contributed by atoms with Crippen LogP contribution >= 0.6 is 34.5 Å². The van der Waals surface area contributed by atoms with Gasteiger partial charge in [0.2, 0.25) is 11.8 Å². The zero-order chi connectivity index (χ0) is 26.8. The van der Waals surface area contributed by atoms with Crippen LogP contribution in [0.25, 0.3) is 0 Å². The molecule has 1 aliphatic heterocycles. The van der Waals surface area contributed by atoms with E-state index in [0.29, 0.717) is 32.5 Å². The lowest BCUT2D eigenvalue weighted by Gasteiger charge is -2.31. The topological polar surface area (TPSA) is 105 Å².